The maximum absolute atomic E-state index is 12.2. The van der Waals surface area contributed by atoms with Crippen molar-refractivity contribution in [3.05, 3.63) is 65.2 Å². The third-order valence-electron chi connectivity index (χ3n) is 2.97. The molecule has 0 bridgehead atoms. The fourth-order valence-electron chi connectivity index (χ4n) is 1.82. The summed E-state index contributed by atoms with van der Waals surface area (Å²) in [5.74, 6) is 0. The Hall–Kier alpha value is -1.65. The first-order valence-electron chi connectivity index (χ1n) is 6.10. The monoisotopic (exact) mass is 275 g/mol. The molecule has 0 aliphatic carbocycles. The minimum absolute atomic E-state index is 0.303. The highest BCUT2D eigenvalue weighted by Crippen LogP contribution is 2.14. The van der Waals surface area contributed by atoms with Gasteiger partial charge in [-0.2, -0.15) is 0 Å². The average molecular weight is 275 g/mol. The highest BCUT2D eigenvalue weighted by molar-refractivity contribution is 7.89. The molecule has 3 nitrogen and oxygen atoms in total. The normalized spacial score (nSPS) is 11.5. The molecule has 2 aromatic rings. The van der Waals surface area contributed by atoms with E-state index in [1.165, 1.54) is 0 Å². The maximum atomic E-state index is 12.2. The van der Waals surface area contributed by atoms with Crippen LogP contribution in [0.1, 0.15) is 16.7 Å². The van der Waals surface area contributed by atoms with Crippen LogP contribution < -0.4 is 4.72 Å². The summed E-state index contributed by atoms with van der Waals surface area (Å²) in [5, 5.41) is 0. The summed E-state index contributed by atoms with van der Waals surface area (Å²) in [5.41, 5.74) is 2.85. The molecule has 0 atom stereocenters. The Labute approximate surface area is 114 Å². The number of sulfonamides is 1. The minimum Gasteiger partial charge on any atom is -0.207 e. The number of hydrogen-bond donors (Lipinski definition) is 1. The van der Waals surface area contributed by atoms with Gasteiger partial charge in [0.2, 0.25) is 10.0 Å². The molecule has 0 spiro atoms. The molecule has 0 fully saturated rings. The summed E-state index contributed by atoms with van der Waals surface area (Å²) in [6.45, 7) is 4.10. The molecule has 19 heavy (non-hydrogen) atoms. The van der Waals surface area contributed by atoms with E-state index in [1.807, 2.05) is 37.3 Å². The van der Waals surface area contributed by atoms with E-state index in [0.717, 1.165) is 16.7 Å². The Morgan fingerprint density at radius 2 is 1.58 bits per heavy atom. The fraction of sp³-hybridized carbons (Fsp3) is 0.200. The molecule has 0 unspecified atom stereocenters. The summed E-state index contributed by atoms with van der Waals surface area (Å²) in [6, 6.07) is 14.8. The van der Waals surface area contributed by atoms with Gasteiger partial charge in [-0.3, -0.25) is 0 Å². The lowest BCUT2D eigenvalue weighted by Crippen LogP contribution is -2.23. The van der Waals surface area contributed by atoms with Crippen LogP contribution in [0.3, 0.4) is 0 Å². The lowest BCUT2D eigenvalue weighted by atomic mass is 10.2. The van der Waals surface area contributed by atoms with Crippen molar-refractivity contribution in [3.8, 4) is 0 Å². The van der Waals surface area contributed by atoms with E-state index in [-0.39, 0.29) is 0 Å². The topological polar surface area (TPSA) is 46.2 Å². The molecule has 4 heteroatoms. The second-order valence-electron chi connectivity index (χ2n) is 4.58. The van der Waals surface area contributed by atoms with Crippen molar-refractivity contribution in [3.63, 3.8) is 0 Å². The Balaban J connectivity index is 2.14. The zero-order valence-corrected chi connectivity index (χ0v) is 11.9. The van der Waals surface area contributed by atoms with Crippen LogP contribution in [0.4, 0.5) is 0 Å². The van der Waals surface area contributed by atoms with Crippen LogP contribution >= 0.6 is 0 Å². The molecule has 0 saturated heterocycles. The zero-order valence-electron chi connectivity index (χ0n) is 11.1. The van der Waals surface area contributed by atoms with Crippen molar-refractivity contribution in [2.75, 3.05) is 0 Å². The molecule has 2 aromatic carbocycles. The Morgan fingerprint density at radius 1 is 0.947 bits per heavy atom. The van der Waals surface area contributed by atoms with E-state index in [0.29, 0.717) is 11.4 Å². The molecule has 0 aromatic heterocycles. The van der Waals surface area contributed by atoms with Crippen molar-refractivity contribution < 1.29 is 8.42 Å². The molecule has 0 heterocycles. The van der Waals surface area contributed by atoms with Crippen molar-refractivity contribution >= 4 is 10.0 Å². The molecule has 100 valence electrons. The second-order valence-corrected chi connectivity index (χ2v) is 6.31. The number of hydrogen-bond acceptors (Lipinski definition) is 2. The van der Waals surface area contributed by atoms with Gasteiger partial charge in [-0.05, 0) is 31.0 Å². The first-order valence-corrected chi connectivity index (χ1v) is 7.58. The molecule has 0 radical (unpaired) electrons. The van der Waals surface area contributed by atoms with Gasteiger partial charge in [0.15, 0.2) is 0 Å². The molecule has 0 aliphatic heterocycles. The van der Waals surface area contributed by atoms with Crippen LogP contribution in [-0.4, -0.2) is 8.42 Å². The molecule has 1 N–H and O–H groups in total. The predicted octanol–water partition coefficient (Wildman–Crippen LogP) is 2.78. The van der Waals surface area contributed by atoms with Crippen molar-refractivity contribution in [1.82, 2.24) is 4.72 Å². The molecular weight excluding hydrogens is 258 g/mol. The highest BCUT2D eigenvalue weighted by atomic mass is 32.2. The van der Waals surface area contributed by atoms with E-state index in [2.05, 4.69) is 4.72 Å². The third-order valence-corrected chi connectivity index (χ3v) is 4.53. The average Bonchev–Trinajstić information content (AvgIpc) is 2.38. The van der Waals surface area contributed by atoms with E-state index < -0.39 is 10.0 Å². The SMILES string of the molecule is Cc1ccc(CNS(=O)(=O)c2ccccc2C)cc1. The smallest absolute Gasteiger partial charge is 0.207 e. The van der Waals surface area contributed by atoms with Crippen LogP contribution in [0.5, 0.6) is 0 Å². The largest absolute Gasteiger partial charge is 0.241 e. The summed E-state index contributed by atoms with van der Waals surface area (Å²) in [6.07, 6.45) is 0. The van der Waals surface area contributed by atoms with Gasteiger partial charge in [0.25, 0.3) is 0 Å². The van der Waals surface area contributed by atoms with E-state index in [4.69, 9.17) is 0 Å². The summed E-state index contributed by atoms with van der Waals surface area (Å²) in [4.78, 5) is 0.335. The predicted molar refractivity (Wildman–Crippen MR) is 76.4 cm³/mol. The summed E-state index contributed by atoms with van der Waals surface area (Å²) >= 11 is 0. The first kappa shape index (κ1) is 13.8. The van der Waals surface area contributed by atoms with Gasteiger partial charge in [-0.15, -0.1) is 0 Å². The summed E-state index contributed by atoms with van der Waals surface area (Å²) in [7, 11) is -3.45. The first-order chi connectivity index (χ1) is 8.99. The highest BCUT2D eigenvalue weighted by Gasteiger charge is 2.15. The minimum atomic E-state index is -3.45. The standard InChI is InChI=1S/C15H17NO2S/c1-12-7-9-14(10-8-12)11-16-19(17,18)15-6-4-3-5-13(15)2/h3-10,16H,11H2,1-2H3. The lowest BCUT2D eigenvalue weighted by molar-refractivity contribution is 0.580. The van der Waals surface area contributed by atoms with Gasteiger partial charge in [0.1, 0.15) is 0 Å². The van der Waals surface area contributed by atoms with Gasteiger partial charge in [-0.1, -0.05) is 48.0 Å². The summed E-state index contributed by atoms with van der Waals surface area (Å²) < 4.78 is 27.0. The molecular formula is C15H17NO2S. The van der Waals surface area contributed by atoms with Crippen molar-refractivity contribution in [2.45, 2.75) is 25.3 Å². The lowest BCUT2D eigenvalue weighted by Gasteiger charge is -2.09. The van der Waals surface area contributed by atoms with Gasteiger partial charge < -0.3 is 0 Å². The zero-order chi connectivity index (χ0) is 13.9. The second kappa shape index (κ2) is 5.55. The van der Waals surface area contributed by atoms with E-state index in [1.54, 1.807) is 25.1 Å². The van der Waals surface area contributed by atoms with Crippen LogP contribution in [-0.2, 0) is 16.6 Å². The van der Waals surface area contributed by atoms with Crippen molar-refractivity contribution in [1.29, 1.82) is 0 Å². The number of benzene rings is 2. The van der Waals surface area contributed by atoms with Gasteiger partial charge in [0.05, 0.1) is 4.90 Å². The van der Waals surface area contributed by atoms with Gasteiger partial charge >= 0.3 is 0 Å². The van der Waals surface area contributed by atoms with Crippen LogP contribution in [0, 0.1) is 13.8 Å². The third kappa shape index (κ3) is 3.43. The molecule has 2 rings (SSSR count). The van der Waals surface area contributed by atoms with Crippen LogP contribution in [0.2, 0.25) is 0 Å². The Kier molecular flexibility index (Phi) is 4.02. The van der Waals surface area contributed by atoms with E-state index >= 15 is 0 Å². The molecule has 0 aliphatic rings. The van der Waals surface area contributed by atoms with Gasteiger partial charge in [0, 0.05) is 6.54 Å². The van der Waals surface area contributed by atoms with Crippen molar-refractivity contribution in [2.24, 2.45) is 0 Å². The number of aryl methyl sites for hydroxylation is 2. The quantitative estimate of drug-likeness (QED) is 0.932. The van der Waals surface area contributed by atoms with Gasteiger partial charge in [-0.25, -0.2) is 13.1 Å². The number of rotatable bonds is 4. The number of nitrogens with one attached hydrogen (secondary N) is 1. The Morgan fingerprint density at radius 3 is 2.21 bits per heavy atom. The molecule has 0 saturated carbocycles. The fourth-order valence-corrected chi connectivity index (χ4v) is 3.08. The van der Waals surface area contributed by atoms with E-state index in [9.17, 15) is 8.42 Å². The maximum Gasteiger partial charge on any atom is 0.241 e. The van der Waals surface area contributed by atoms with Crippen LogP contribution in [0.25, 0.3) is 0 Å². The Bertz CT molecular complexity index is 661. The molecule has 0 amide bonds. The van der Waals surface area contributed by atoms with Crippen LogP contribution in [0.15, 0.2) is 53.4 Å².